The van der Waals surface area contributed by atoms with Gasteiger partial charge in [-0.25, -0.2) is 13.9 Å². The van der Waals surface area contributed by atoms with Crippen LogP contribution in [0.1, 0.15) is 0 Å². The van der Waals surface area contributed by atoms with Gasteiger partial charge in [0.1, 0.15) is 17.5 Å². The molecule has 2 aromatic carbocycles. The van der Waals surface area contributed by atoms with Crippen molar-refractivity contribution in [3.05, 3.63) is 53.6 Å². The fourth-order valence-electron chi connectivity index (χ4n) is 2.40. The van der Waals surface area contributed by atoms with Crippen LogP contribution >= 0.6 is 23.4 Å². The fraction of sp³-hybridized carbons (Fsp3) is 0.188. The van der Waals surface area contributed by atoms with Gasteiger partial charge in [-0.15, -0.1) is 11.8 Å². The van der Waals surface area contributed by atoms with Crippen molar-refractivity contribution in [2.24, 2.45) is 0 Å². The number of carbonyl (C=O) groups excluding carboxylic acids is 1. The van der Waals surface area contributed by atoms with Crippen LogP contribution in [0.2, 0.25) is 5.02 Å². The van der Waals surface area contributed by atoms with E-state index in [1.807, 2.05) is 0 Å². The summed E-state index contributed by atoms with van der Waals surface area (Å²) in [5.74, 6) is 0.709. The van der Waals surface area contributed by atoms with E-state index in [4.69, 9.17) is 21.5 Å². The molecule has 0 unspecified atom stereocenters. The molecule has 1 atom stereocenters. The van der Waals surface area contributed by atoms with Gasteiger partial charge < -0.3 is 4.74 Å². The van der Waals surface area contributed by atoms with Crippen LogP contribution in [0.5, 0.6) is 11.5 Å². The highest BCUT2D eigenvalue weighted by Gasteiger charge is 2.39. The molecule has 1 saturated heterocycles. The number of thioether (sulfide) groups is 1. The number of hydroxylamine groups is 1. The normalized spacial score (nSPS) is 17.8. The second kappa shape index (κ2) is 7.85. The van der Waals surface area contributed by atoms with Crippen LogP contribution in [0.25, 0.3) is 0 Å². The average Bonchev–Trinajstić information content (AvgIpc) is 3.14. The lowest BCUT2D eigenvalue weighted by Gasteiger charge is -2.21. The van der Waals surface area contributed by atoms with E-state index in [9.17, 15) is 13.2 Å². The van der Waals surface area contributed by atoms with Crippen molar-refractivity contribution in [2.75, 3.05) is 11.6 Å². The lowest BCUT2D eigenvalue weighted by atomic mass is 10.3. The summed E-state index contributed by atoms with van der Waals surface area (Å²) >= 11 is 7.12. The third-order valence-corrected chi connectivity index (χ3v) is 7.03. The monoisotopic (exact) mass is 414 g/mol. The minimum atomic E-state index is -3.87. The van der Waals surface area contributed by atoms with Gasteiger partial charge in [-0.3, -0.25) is 10.0 Å². The Kier molecular flexibility index (Phi) is 5.73. The lowest BCUT2D eigenvalue weighted by Crippen LogP contribution is -2.46. The first-order chi connectivity index (χ1) is 12.4. The zero-order chi connectivity index (χ0) is 18.7. The van der Waals surface area contributed by atoms with Crippen LogP contribution in [0, 0.1) is 0 Å². The molecule has 1 heterocycles. The summed E-state index contributed by atoms with van der Waals surface area (Å²) in [6.07, 6.45) is 0. The molecule has 0 aliphatic carbocycles. The zero-order valence-electron chi connectivity index (χ0n) is 13.3. The SMILES string of the molecule is O=C(NO)[C@@H]1CSCN1S(=O)(=O)c1ccc(Oc2ccc(Cl)cc2)cc1. The highest BCUT2D eigenvalue weighted by Crippen LogP contribution is 2.30. The summed E-state index contributed by atoms with van der Waals surface area (Å²) in [6, 6.07) is 11.7. The summed E-state index contributed by atoms with van der Waals surface area (Å²) in [6.45, 7) is 0. The Hall–Kier alpha value is -1.78. The Morgan fingerprint density at radius 1 is 1.15 bits per heavy atom. The Bertz CT molecular complexity index is 888. The molecule has 3 rings (SSSR count). The number of halogens is 1. The van der Waals surface area contributed by atoms with E-state index < -0.39 is 22.0 Å². The van der Waals surface area contributed by atoms with Gasteiger partial charge >= 0.3 is 0 Å². The smallest absolute Gasteiger partial charge is 0.262 e. The third-order valence-electron chi connectivity index (χ3n) is 3.73. The van der Waals surface area contributed by atoms with Crippen LogP contribution in [0.15, 0.2) is 53.4 Å². The number of hydrogen-bond donors (Lipinski definition) is 2. The second-order valence-corrected chi connectivity index (χ2v) is 8.74. The Morgan fingerprint density at radius 2 is 1.73 bits per heavy atom. The van der Waals surface area contributed by atoms with E-state index in [0.717, 1.165) is 4.31 Å². The molecule has 138 valence electrons. The van der Waals surface area contributed by atoms with Crippen molar-refractivity contribution in [3.63, 3.8) is 0 Å². The van der Waals surface area contributed by atoms with Crippen molar-refractivity contribution in [1.82, 2.24) is 9.79 Å². The molecule has 1 aliphatic heterocycles. The molecule has 0 aromatic heterocycles. The van der Waals surface area contributed by atoms with Crippen molar-refractivity contribution in [3.8, 4) is 11.5 Å². The van der Waals surface area contributed by atoms with Gasteiger partial charge in [0.15, 0.2) is 0 Å². The number of carbonyl (C=O) groups is 1. The van der Waals surface area contributed by atoms with Crippen molar-refractivity contribution < 1.29 is 23.2 Å². The van der Waals surface area contributed by atoms with Crippen LogP contribution in [-0.4, -0.2) is 41.5 Å². The molecule has 0 spiro atoms. The van der Waals surface area contributed by atoms with Crippen LogP contribution < -0.4 is 10.2 Å². The first-order valence-corrected chi connectivity index (χ1v) is 10.5. The van der Waals surface area contributed by atoms with E-state index in [0.29, 0.717) is 16.5 Å². The molecule has 0 bridgehead atoms. The molecule has 7 nitrogen and oxygen atoms in total. The average molecular weight is 415 g/mol. The minimum Gasteiger partial charge on any atom is -0.457 e. The van der Waals surface area contributed by atoms with Gasteiger partial charge in [0.25, 0.3) is 5.91 Å². The Morgan fingerprint density at radius 3 is 2.31 bits per heavy atom. The number of ether oxygens (including phenoxy) is 1. The lowest BCUT2D eigenvalue weighted by molar-refractivity contribution is -0.132. The molecule has 2 N–H and O–H groups in total. The molecular formula is C16H15ClN2O5S2. The van der Waals surface area contributed by atoms with Gasteiger partial charge in [-0.1, -0.05) is 11.6 Å². The van der Waals surface area contributed by atoms with Crippen molar-refractivity contribution >= 4 is 39.3 Å². The highest BCUT2D eigenvalue weighted by atomic mass is 35.5. The molecular weight excluding hydrogens is 400 g/mol. The zero-order valence-corrected chi connectivity index (χ0v) is 15.7. The quantitative estimate of drug-likeness (QED) is 0.577. The van der Waals surface area contributed by atoms with Gasteiger partial charge in [-0.05, 0) is 48.5 Å². The maximum atomic E-state index is 12.8. The number of nitrogens with one attached hydrogen (secondary N) is 1. The van der Waals surface area contributed by atoms with Crippen molar-refractivity contribution in [2.45, 2.75) is 10.9 Å². The van der Waals surface area contributed by atoms with E-state index in [1.54, 1.807) is 24.3 Å². The first-order valence-electron chi connectivity index (χ1n) is 7.49. The van der Waals surface area contributed by atoms with E-state index in [1.165, 1.54) is 41.5 Å². The summed E-state index contributed by atoms with van der Waals surface area (Å²) < 4.78 is 32.2. The highest BCUT2D eigenvalue weighted by molar-refractivity contribution is 8.00. The number of rotatable bonds is 5. The topological polar surface area (TPSA) is 95.9 Å². The number of hydrogen-bond acceptors (Lipinski definition) is 6. The Labute approximate surface area is 159 Å². The van der Waals surface area contributed by atoms with Gasteiger partial charge in [0.2, 0.25) is 10.0 Å². The second-order valence-electron chi connectivity index (χ2n) is 5.41. The Balaban J connectivity index is 1.78. The van der Waals surface area contributed by atoms with Crippen LogP contribution in [0.3, 0.4) is 0 Å². The predicted molar refractivity (Wildman–Crippen MR) is 98.0 cm³/mol. The molecule has 1 aliphatic rings. The number of nitrogens with zero attached hydrogens (tertiary/aromatic N) is 1. The summed E-state index contributed by atoms with van der Waals surface area (Å²) in [7, 11) is -3.87. The van der Waals surface area contributed by atoms with E-state index >= 15 is 0 Å². The van der Waals surface area contributed by atoms with Gasteiger partial charge in [-0.2, -0.15) is 4.31 Å². The number of sulfonamides is 1. The maximum absolute atomic E-state index is 12.8. The van der Waals surface area contributed by atoms with Crippen LogP contribution in [-0.2, 0) is 14.8 Å². The molecule has 26 heavy (non-hydrogen) atoms. The summed E-state index contributed by atoms with van der Waals surface area (Å²) in [4.78, 5) is 11.7. The largest absolute Gasteiger partial charge is 0.457 e. The van der Waals surface area contributed by atoms with E-state index in [2.05, 4.69) is 0 Å². The maximum Gasteiger partial charge on any atom is 0.262 e. The fourth-order valence-corrected chi connectivity index (χ4v) is 5.67. The third kappa shape index (κ3) is 3.97. The molecule has 10 heteroatoms. The molecule has 0 saturated carbocycles. The van der Waals surface area contributed by atoms with Gasteiger partial charge in [0, 0.05) is 10.8 Å². The molecule has 0 radical (unpaired) electrons. The first kappa shape index (κ1) is 19.0. The summed E-state index contributed by atoms with van der Waals surface area (Å²) in [5, 5.41) is 9.37. The number of benzene rings is 2. The standard InChI is InChI=1S/C16H15ClN2O5S2/c17-11-1-3-12(4-2-11)24-13-5-7-14(8-6-13)26(22,23)19-10-25-9-15(19)16(20)18-21/h1-8,15,21H,9-10H2,(H,18,20)/t15-/m0/s1. The van der Waals surface area contributed by atoms with Gasteiger partial charge in [0.05, 0.1) is 10.8 Å². The van der Waals surface area contributed by atoms with E-state index in [-0.39, 0.29) is 16.5 Å². The number of amides is 1. The predicted octanol–water partition coefficient (Wildman–Crippen LogP) is 2.70. The minimum absolute atomic E-state index is 0.0409. The molecule has 1 fully saturated rings. The van der Waals surface area contributed by atoms with Crippen LogP contribution in [0.4, 0.5) is 0 Å². The molecule has 1 amide bonds. The van der Waals surface area contributed by atoms with Crippen molar-refractivity contribution in [1.29, 1.82) is 0 Å². The molecule has 2 aromatic rings. The summed E-state index contributed by atoms with van der Waals surface area (Å²) in [5.41, 5.74) is 1.51.